The van der Waals surface area contributed by atoms with Gasteiger partial charge in [0, 0.05) is 19.5 Å². The van der Waals surface area contributed by atoms with Crippen LogP contribution in [0.4, 0.5) is 4.79 Å². The summed E-state index contributed by atoms with van der Waals surface area (Å²) in [5.74, 6) is -0.0533. The quantitative estimate of drug-likeness (QED) is 0.669. The van der Waals surface area contributed by atoms with Gasteiger partial charge >= 0.3 is 6.09 Å². The molecule has 148 valence electrons. The van der Waals surface area contributed by atoms with Gasteiger partial charge in [-0.1, -0.05) is 30.3 Å². The van der Waals surface area contributed by atoms with E-state index >= 15 is 0 Å². The van der Waals surface area contributed by atoms with E-state index in [1.54, 1.807) is 4.90 Å². The smallest absolute Gasteiger partial charge is 0.407 e. The fraction of sp³-hybridized carbons (Fsp3) is 0.600. The van der Waals surface area contributed by atoms with E-state index in [1.807, 2.05) is 30.3 Å². The fourth-order valence-electron chi connectivity index (χ4n) is 3.58. The minimum atomic E-state index is -0.616. The van der Waals surface area contributed by atoms with Gasteiger partial charge in [0.25, 0.3) is 0 Å². The lowest BCUT2D eigenvalue weighted by atomic mass is 9.90. The Labute approximate surface area is 159 Å². The maximum absolute atomic E-state index is 12.4. The Morgan fingerprint density at radius 2 is 2.00 bits per heavy atom. The van der Waals surface area contributed by atoms with Gasteiger partial charge in [-0.3, -0.25) is 4.79 Å². The number of likely N-dealkylation sites (tertiary alicyclic amines) is 1. The Morgan fingerprint density at radius 1 is 1.26 bits per heavy atom. The van der Waals surface area contributed by atoms with Crippen LogP contribution in [0.15, 0.2) is 30.3 Å². The summed E-state index contributed by atoms with van der Waals surface area (Å²) in [6.07, 6.45) is 2.45. The van der Waals surface area contributed by atoms with Gasteiger partial charge in [-0.25, -0.2) is 4.79 Å². The van der Waals surface area contributed by atoms with Crippen LogP contribution >= 0.6 is 0 Å². The van der Waals surface area contributed by atoms with E-state index < -0.39 is 18.2 Å². The molecular formula is C20H28N2O5. The molecule has 1 aromatic rings. The molecule has 3 rings (SSSR count). The van der Waals surface area contributed by atoms with Crippen LogP contribution in [-0.2, 0) is 16.1 Å². The number of carbonyl (C=O) groups is 2. The fourth-order valence-corrected chi connectivity index (χ4v) is 3.58. The summed E-state index contributed by atoms with van der Waals surface area (Å²) in [7, 11) is 0. The highest BCUT2D eigenvalue weighted by Crippen LogP contribution is 2.53. The van der Waals surface area contributed by atoms with Crippen LogP contribution < -0.4 is 5.32 Å². The predicted molar refractivity (Wildman–Crippen MR) is 98.7 cm³/mol. The van der Waals surface area contributed by atoms with Crippen LogP contribution in [0.3, 0.4) is 0 Å². The van der Waals surface area contributed by atoms with Gasteiger partial charge in [0.2, 0.25) is 5.91 Å². The second kappa shape index (κ2) is 8.71. The first kappa shape index (κ1) is 19.6. The highest BCUT2D eigenvalue weighted by atomic mass is 16.5. The summed E-state index contributed by atoms with van der Waals surface area (Å²) in [6.45, 7) is 0.942. The Bertz CT molecular complexity index is 647. The Hall–Kier alpha value is -2.12. The number of nitrogens with zero attached hydrogens (tertiary/aromatic N) is 1. The molecule has 2 aliphatic rings. The lowest BCUT2D eigenvalue weighted by molar-refractivity contribution is -0.136. The van der Waals surface area contributed by atoms with E-state index in [0.29, 0.717) is 19.5 Å². The number of alkyl carbamates (subject to hydrolysis) is 1. The second-order valence-corrected chi connectivity index (χ2v) is 7.59. The molecule has 2 amide bonds. The molecule has 2 fully saturated rings. The molecule has 2 unspecified atom stereocenters. The van der Waals surface area contributed by atoms with Gasteiger partial charge < -0.3 is 25.2 Å². The summed E-state index contributed by atoms with van der Waals surface area (Å²) < 4.78 is 5.14. The average molecular weight is 376 g/mol. The summed E-state index contributed by atoms with van der Waals surface area (Å²) in [5.41, 5.74) is 0.939. The molecule has 1 saturated heterocycles. The highest BCUT2D eigenvalue weighted by Gasteiger charge is 2.51. The molecule has 3 N–H and O–H groups in total. The van der Waals surface area contributed by atoms with E-state index in [2.05, 4.69) is 5.32 Å². The maximum atomic E-state index is 12.4. The van der Waals surface area contributed by atoms with Gasteiger partial charge in [-0.05, 0) is 36.7 Å². The molecule has 1 aliphatic carbocycles. The zero-order valence-electron chi connectivity index (χ0n) is 15.5. The standard InChI is InChI=1S/C20H28N2O5/c23-13-16(21-19(26)27-14-15-4-2-1-3-5-15)6-7-18(25)22-11-10-20(8-9-20)17(24)12-22/h1-5,16-17,23-24H,6-14H2,(H,21,26). The molecule has 27 heavy (non-hydrogen) atoms. The Morgan fingerprint density at radius 3 is 2.63 bits per heavy atom. The van der Waals surface area contributed by atoms with Gasteiger partial charge in [-0.2, -0.15) is 0 Å². The first-order valence-electron chi connectivity index (χ1n) is 9.56. The van der Waals surface area contributed by atoms with Gasteiger partial charge in [0.15, 0.2) is 0 Å². The van der Waals surface area contributed by atoms with Crippen LogP contribution in [0.2, 0.25) is 0 Å². The molecule has 0 radical (unpaired) electrons. The minimum Gasteiger partial charge on any atom is -0.445 e. The van der Waals surface area contributed by atoms with E-state index in [9.17, 15) is 19.8 Å². The van der Waals surface area contributed by atoms with Crippen LogP contribution in [0.1, 0.15) is 37.7 Å². The predicted octanol–water partition coefficient (Wildman–Crippen LogP) is 1.43. The molecule has 1 aromatic carbocycles. The highest BCUT2D eigenvalue weighted by molar-refractivity contribution is 5.76. The number of piperidine rings is 1. The van der Waals surface area contributed by atoms with Crippen molar-refractivity contribution in [2.75, 3.05) is 19.7 Å². The van der Waals surface area contributed by atoms with Crippen LogP contribution in [0, 0.1) is 5.41 Å². The minimum absolute atomic E-state index is 0.0533. The summed E-state index contributed by atoms with van der Waals surface area (Å²) in [5, 5.41) is 22.3. The third-order valence-electron chi connectivity index (χ3n) is 5.69. The number of aliphatic hydroxyl groups is 2. The van der Waals surface area contributed by atoms with Crippen molar-refractivity contribution in [2.45, 2.75) is 50.9 Å². The molecule has 7 heteroatoms. The first-order valence-corrected chi connectivity index (χ1v) is 9.56. The van der Waals surface area contributed by atoms with Gasteiger partial charge in [0.05, 0.1) is 18.8 Å². The van der Waals surface area contributed by atoms with E-state index in [-0.39, 0.29) is 31.0 Å². The van der Waals surface area contributed by atoms with Gasteiger partial charge in [0.1, 0.15) is 6.61 Å². The number of β-amino-alcohol motifs (C(OH)–C–C–N with tert-alkyl or cyclic N) is 1. The van der Waals surface area contributed by atoms with Crippen molar-refractivity contribution in [1.29, 1.82) is 0 Å². The lowest BCUT2D eigenvalue weighted by Crippen LogP contribution is -2.48. The normalized spacial score (nSPS) is 21.6. The molecule has 7 nitrogen and oxygen atoms in total. The Balaban J connectivity index is 1.38. The number of benzene rings is 1. The number of nitrogens with one attached hydrogen (secondary N) is 1. The number of hydrogen-bond acceptors (Lipinski definition) is 5. The summed E-state index contributed by atoms with van der Waals surface area (Å²) >= 11 is 0. The van der Waals surface area contributed by atoms with Crippen LogP contribution in [0.5, 0.6) is 0 Å². The molecule has 1 heterocycles. The monoisotopic (exact) mass is 376 g/mol. The topological polar surface area (TPSA) is 99.1 Å². The van der Waals surface area contributed by atoms with Crippen molar-refractivity contribution >= 4 is 12.0 Å². The first-order chi connectivity index (χ1) is 13.0. The molecule has 0 bridgehead atoms. The van der Waals surface area contributed by atoms with Crippen molar-refractivity contribution in [2.24, 2.45) is 5.41 Å². The number of amides is 2. The summed E-state index contributed by atoms with van der Waals surface area (Å²) in [6, 6.07) is 8.78. The number of carbonyl (C=O) groups excluding carboxylic acids is 2. The van der Waals surface area contributed by atoms with E-state index in [0.717, 1.165) is 24.8 Å². The van der Waals surface area contributed by atoms with Crippen LogP contribution in [0.25, 0.3) is 0 Å². The maximum Gasteiger partial charge on any atom is 0.407 e. The lowest BCUT2D eigenvalue weighted by Gasteiger charge is -2.36. The van der Waals surface area contributed by atoms with Crippen molar-refractivity contribution in [3.05, 3.63) is 35.9 Å². The van der Waals surface area contributed by atoms with Crippen molar-refractivity contribution in [3.8, 4) is 0 Å². The zero-order valence-corrected chi connectivity index (χ0v) is 15.5. The van der Waals surface area contributed by atoms with E-state index in [4.69, 9.17) is 4.74 Å². The van der Waals surface area contributed by atoms with Crippen molar-refractivity contribution in [3.63, 3.8) is 0 Å². The average Bonchev–Trinajstić information content (AvgIpc) is 3.47. The van der Waals surface area contributed by atoms with Crippen LogP contribution in [-0.4, -0.2) is 59.0 Å². The summed E-state index contributed by atoms with van der Waals surface area (Å²) in [4.78, 5) is 26.0. The molecule has 1 saturated carbocycles. The van der Waals surface area contributed by atoms with Crippen molar-refractivity contribution in [1.82, 2.24) is 10.2 Å². The number of aliphatic hydroxyl groups excluding tert-OH is 2. The number of rotatable bonds is 7. The van der Waals surface area contributed by atoms with Gasteiger partial charge in [-0.15, -0.1) is 0 Å². The Kier molecular flexibility index (Phi) is 6.34. The SMILES string of the molecule is O=C(NC(CO)CCC(=O)N1CCC2(CC2)C(O)C1)OCc1ccccc1. The third kappa shape index (κ3) is 5.20. The zero-order chi connectivity index (χ0) is 19.3. The van der Waals surface area contributed by atoms with Crippen molar-refractivity contribution < 1.29 is 24.5 Å². The molecule has 0 aromatic heterocycles. The molecule has 1 spiro atoms. The largest absolute Gasteiger partial charge is 0.445 e. The molecular weight excluding hydrogens is 348 g/mol. The number of hydrogen-bond donors (Lipinski definition) is 3. The number of ether oxygens (including phenoxy) is 1. The van der Waals surface area contributed by atoms with E-state index in [1.165, 1.54) is 0 Å². The molecule has 1 aliphatic heterocycles. The second-order valence-electron chi connectivity index (χ2n) is 7.59. The third-order valence-corrected chi connectivity index (χ3v) is 5.69. The molecule has 2 atom stereocenters.